The Labute approximate surface area is 165 Å². The van der Waals surface area contributed by atoms with Crippen molar-refractivity contribution in [2.24, 2.45) is 17.8 Å². The van der Waals surface area contributed by atoms with Crippen LogP contribution in [0.1, 0.15) is 35.6 Å². The molecule has 4 heteroatoms. The number of hydrogen-bond donors (Lipinski definition) is 1. The van der Waals surface area contributed by atoms with Crippen molar-refractivity contribution in [3.63, 3.8) is 0 Å². The molecular formula is C24H25NO3. The average molecular weight is 375 g/mol. The van der Waals surface area contributed by atoms with Gasteiger partial charge in [-0.15, -0.1) is 0 Å². The minimum Gasteiger partial charge on any atom is -0.447 e. The molecule has 0 saturated heterocycles. The highest BCUT2D eigenvalue weighted by Crippen LogP contribution is 2.44. The number of rotatable bonds is 5. The maximum absolute atomic E-state index is 13.1. The fourth-order valence-electron chi connectivity index (χ4n) is 4.22. The molecule has 0 spiro atoms. The zero-order chi connectivity index (χ0) is 19.7. The molecule has 4 unspecified atom stereocenters. The normalized spacial score (nSPS) is 23.4. The molecule has 0 aromatic heterocycles. The van der Waals surface area contributed by atoms with Gasteiger partial charge < -0.3 is 10.1 Å². The van der Waals surface area contributed by atoms with Crippen molar-refractivity contribution in [1.82, 2.24) is 0 Å². The molecule has 144 valence electrons. The van der Waals surface area contributed by atoms with E-state index < -0.39 is 6.10 Å². The lowest BCUT2D eigenvalue weighted by Gasteiger charge is -2.23. The van der Waals surface area contributed by atoms with E-state index in [-0.39, 0.29) is 23.7 Å². The zero-order valence-corrected chi connectivity index (χ0v) is 16.2. The first-order valence-corrected chi connectivity index (χ1v) is 9.83. The number of anilines is 1. The summed E-state index contributed by atoms with van der Waals surface area (Å²) in [6.45, 7) is 3.92. The number of carbonyl (C=O) groups excluding carboxylic acids is 2. The summed E-state index contributed by atoms with van der Waals surface area (Å²) in [7, 11) is 0. The number of fused-ring (bicyclic) bond motifs is 2. The third-order valence-corrected chi connectivity index (χ3v) is 5.81. The Morgan fingerprint density at radius 3 is 2.50 bits per heavy atom. The second-order valence-corrected chi connectivity index (χ2v) is 7.92. The molecule has 0 heterocycles. The zero-order valence-electron chi connectivity index (χ0n) is 16.2. The highest BCUT2D eigenvalue weighted by atomic mass is 16.5. The van der Waals surface area contributed by atoms with Crippen LogP contribution < -0.4 is 5.32 Å². The summed E-state index contributed by atoms with van der Waals surface area (Å²) < 4.78 is 5.79. The molecule has 1 amide bonds. The first-order valence-electron chi connectivity index (χ1n) is 9.83. The fraction of sp³-hybridized carbons (Fsp3) is 0.333. The molecule has 28 heavy (non-hydrogen) atoms. The Bertz CT molecular complexity index is 919. The van der Waals surface area contributed by atoms with E-state index in [0.717, 1.165) is 29.7 Å². The van der Waals surface area contributed by atoms with E-state index in [1.165, 1.54) is 0 Å². The topological polar surface area (TPSA) is 55.4 Å². The summed E-state index contributed by atoms with van der Waals surface area (Å²) in [6, 6.07) is 15.1. The van der Waals surface area contributed by atoms with Crippen LogP contribution in [0, 0.1) is 31.6 Å². The molecule has 4 rings (SSSR count). The third kappa shape index (κ3) is 3.72. The van der Waals surface area contributed by atoms with Crippen LogP contribution in [0.5, 0.6) is 0 Å². The molecule has 4 atom stereocenters. The predicted octanol–water partition coefficient (Wildman–Crippen LogP) is 4.74. The molecule has 2 aliphatic rings. The third-order valence-electron chi connectivity index (χ3n) is 5.81. The molecule has 0 radical (unpaired) electrons. The number of ether oxygens (including phenoxy) is 1. The van der Waals surface area contributed by atoms with E-state index in [2.05, 4.69) is 17.5 Å². The Kier molecular flexibility index (Phi) is 5.03. The minimum absolute atomic E-state index is 0.144. The monoisotopic (exact) mass is 375 g/mol. The summed E-state index contributed by atoms with van der Waals surface area (Å²) in [5.41, 5.74) is 3.44. The van der Waals surface area contributed by atoms with Gasteiger partial charge in [0.1, 0.15) is 0 Å². The number of amides is 1. The van der Waals surface area contributed by atoms with E-state index in [0.29, 0.717) is 11.5 Å². The first-order chi connectivity index (χ1) is 13.5. The Morgan fingerprint density at radius 2 is 1.82 bits per heavy atom. The van der Waals surface area contributed by atoms with Crippen LogP contribution in [0.4, 0.5) is 5.69 Å². The second kappa shape index (κ2) is 7.63. The van der Waals surface area contributed by atoms with Gasteiger partial charge in [0.15, 0.2) is 0 Å². The predicted molar refractivity (Wildman–Crippen MR) is 109 cm³/mol. The Hall–Kier alpha value is -2.88. The molecule has 1 saturated carbocycles. The number of benzene rings is 2. The van der Waals surface area contributed by atoms with Crippen LogP contribution >= 0.6 is 0 Å². The van der Waals surface area contributed by atoms with Gasteiger partial charge in [-0.3, -0.25) is 9.59 Å². The maximum Gasteiger partial charge on any atom is 0.310 e. The highest BCUT2D eigenvalue weighted by molar-refractivity contribution is 5.96. The molecule has 2 bridgehead atoms. The quantitative estimate of drug-likeness (QED) is 0.607. The van der Waals surface area contributed by atoms with E-state index in [4.69, 9.17) is 4.74 Å². The average Bonchev–Trinajstić information content (AvgIpc) is 3.33. The van der Waals surface area contributed by atoms with Gasteiger partial charge in [0.05, 0.1) is 5.92 Å². The van der Waals surface area contributed by atoms with Crippen molar-refractivity contribution in [2.75, 3.05) is 5.32 Å². The summed E-state index contributed by atoms with van der Waals surface area (Å²) in [4.78, 5) is 25.9. The number of carbonyl (C=O) groups is 2. The first kappa shape index (κ1) is 18.5. The molecule has 1 N–H and O–H groups in total. The van der Waals surface area contributed by atoms with Crippen molar-refractivity contribution in [1.29, 1.82) is 0 Å². The smallest absolute Gasteiger partial charge is 0.310 e. The maximum atomic E-state index is 13.1. The van der Waals surface area contributed by atoms with Crippen molar-refractivity contribution < 1.29 is 14.3 Å². The molecule has 2 aromatic carbocycles. The molecule has 1 fully saturated rings. The standard InChI is InChI=1S/C24H25NO3/c1-15-8-9-16(2)21(12-15)25-23(26)22(18-6-4-3-5-7-18)28-24(27)20-14-17-10-11-19(20)13-17/h3-12,17,19-20,22H,13-14H2,1-2H3,(H,25,26). The van der Waals surface area contributed by atoms with Gasteiger partial charge in [0.2, 0.25) is 6.10 Å². The fourth-order valence-corrected chi connectivity index (χ4v) is 4.22. The van der Waals surface area contributed by atoms with Crippen LogP contribution in [0.25, 0.3) is 0 Å². The van der Waals surface area contributed by atoms with Gasteiger partial charge in [-0.1, -0.05) is 54.6 Å². The Balaban J connectivity index is 1.55. The second-order valence-electron chi connectivity index (χ2n) is 7.92. The number of allylic oxidation sites excluding steroid dienone is 2. The van der Waals surface area contributed by atoms with Gasteiger partial charge in [-0.05, 0) is 55.7 Å². The van der Waals surface area contributed by atoms with Crippen molar-refractivity contribution in [3.8, 4) is 0 Å². The Morgan fingerprint density at radius 1 is 1.04 bits per heavy atom. The van der Waals surface area contributed by atoms with E-state index >= 15 is 0 Å². The van der Waals surface area contributed by atoms with E-state index in [1.54, 1.807) is 0 Å². The summed E-state index contributed by atoms with van der Waals surface area (Å²) >= 11 is 0. The van der Waals surface area contributed by atoms with Gasteiger partial charge in [0.25, 0.3) is 5.91 Å². The molecule has 2 aliphatic carbocycles. The molecule has 4 nitrogen and oxygen atoms in total. The van der Waals surface area contributed by atoms with Gasteiger partial charge >= 0.3 is 5.97 Å². The van der Waals surface area contributed by atoms with Crippen LogP contribution in [0.2, 0.25) is 0 Å². The van der Waals surface area contributed by atoms with Gasteiger partial charge in [-0.25, -0.2) is 0 Å². The van der Waals surface area contributed by atoms with Crippen molar-refractivity contribution >= 4 is 17.6 Å². The van der Waals surface area contributed by atoms with Crippen LogP contribution in [-0.2, 0) is 14.3 Å². The number of hydrogen-bond acceptors (Lipinski definition) is 3. The molecule has 0 aliphatic heterocycles. The summed E-state index contributed by atoms with van der Waals surface area (Å²) in [5, 5.41) is 2.95. The van der Waals surface area contributed by atoms with Crippen LogP contribution in [0.15, 0.2) is 60.7 Å². The lowest BCUT2D eigenvalue weighted by atomic mass is 9.93. The van der Waals surface area contributed by atoms with Gasteiger partial charge in [0, 0.05) is 11.3 Å². The lowest BCUT2D eigenvalue weighted by molar-refractivity contribution is -0.159. The molecular weight excluding hydrogens is 350 g/mol. The summed E-state index contributed by atoms with van der Waals surface area (Å²) in [6.07, 6.45) is 5.19. The SMILES string of the molecule is Cc1ccc(C)c(NC(=O)C(OC(=O)C2CC3C=CC2C3)c2ccccc2)c1. The van der Waals surface area contributed by atoms with Gasteiger partial charge in [-0.2, -0.15) is 0 Å². The number of nitrogens with one attached hydrogen (secondary N) is 1. The van der Waals surface area contributed by atoms with Crippen molar-refractivity contribution in [2.45, 2.75) is 32.8 Å². The summed E-state index contributed by atoms with van der Waals surface area (Å²) in [5.74, 6) is -0.0269. The van der Waals surface area contributed by atoms with E-state index in [9.17, 15) is 9.59 Å². The number of esters is 1. The number of aryl methyl sites for hydroxylation is 2. The van der Waals surface area contributed by atoms with Crippen molar-refractivity contribution in [3.05, 3.63) is 77.4 Å². The van der Waals surface area contributed by atoms with Crippen LogP contribution in [0.3, 0.4) is 0 Å². The molecule has 2 aromatic rings. The lowest BCUT2D eigenvalue weighted by Crippen LogP contribution is -2.30. The minimum atomic E-state index is -0.961. The van der Waals surface area contributed by atoms with Crippen LogP contribution in [-0.4, -0.2) is 11.9 Å². The van der Waals surface area contributed by atoms with E-state index in [1.807, 2.05) is 62.4 Å². The largest absolute Gasteiger partial charge is 0.447 e. The highest BCUT2D eigenvalue weighted by Gasteiger charge is 2.42.